The molecule has 1 aromatic carbocycles. The highest BCUT2D eigenvalue weighted by Crippen LogP contribution is 2.30. The molecular formula is C18H22N2O5. The Bertz CT molecular complexity index is 717. The number of nitrogens with zero attached hydrogens (tertiary/aromatic N) is 2. The number of carboxylic acids is 1. The van der Waals surface area contributed by atoms with Crippen LogP contribution in [-0.2, 0) is 19.1 Å². The minimum atomic E-state index is -1.08. The van der Waals surface area contributed by atoms with E-state index in [4.69, 9.17) is 4.74 Å². The summed E-state index contributed by atoms with van der Waals surface area (Å²) < 4.78 is 5.17. The summed E-state index contributed by atoms with van der Waals surface area (Å²) in [4.78, 5) is 39.6. The van der Waals surface area contributed by atoms with Crippen molar-refractivity contribution in [1.82, 2.24) is 4.90 Å². The molecular weight excluding hydrogens is 324 g/mol. The van der Waals surface area contributed by atoms with Crippen molar-refractivity contribution >= 4 is 23.5 Å². The minimum absolute atomic E-state index is 0.0115. The molecule has 2 atom stereocenters. The number of ether oxygens (including phenoxy) is 1. The average Bonchev–Trinajstić information content (AvgIpc) is 2.98. The van der Waals surface area contributed by atoms with E-state index in [2.05, 4.69) is 0 Å². The Kier molecular flexibility index (Phi) is 4.76. The Morgan fingerprint density at radius 1 is 1.28 bits per heavy atom. The van der Waals surface area contributed by atoms with Gasteiger partial charge in [-0.3, -0.25) is 9.59 Å². The van der Waals surface area contributed by atoms with Gasteiger partial charge >= 0.3 is 5.97 Å². The number of amides is 2. The predicted molar refractivity (Wildman–Crippen MR) is 90.3 cm³/mol. The first-order valence-corrected chi connectivity index (χ1v) is 8.37. The number of benzene rings is 1. The number of carbonyl (C=O) groups excluding carboxylic acids is 2. The molecule has 7 heteroatoms. The Labute approximate surface area is 146 Å². The topological polar surface area (TPSA) is 87.2 Å². The average molecular weight is 346 g/mol. The third-order valence-corrected chi connectivity index (χ3v) is 5.04. The lowest BCUT2D eigenvalue weighted by molar-refractivity contribution is -0.160. The summed E-state index contributed by atoms with van der Waals surface area (Å²) in [5.74, 6) is -1.99. The lowest BCUT2D eigenvalue weighted by Gasteiger charge is -2.34. The van der Waals surface area contributed by atoms with Crippen LogP contribution in [0.1, 0.15) is 17.5 Å². The number of aliphatic carboxylic acids is 1. The van der Waals surface area contributed by atoms with Crippen molar-refractivity contribution in [2.45, 2.75) is 26.3 Å². The van der Waals surface area contributed by atoms with E-state index in [-0.39, 0.29) is 37.9 Å². The highest BCUT2D eigenvalue weighted by atomic mass is 16.5. The third kappa shape index (κ3) is 3.24. The van der Waals surface area contributed by atoms with E-state index in [1.807, 2.05) is 32.0 Å². The maximum absolute atomic E-state index is 12.8. The Morgan fingerprint density at radius 3 is 2.76 bits per heavy atom. The number of hydrogen-bond donors (Lipinski definition) is 1. The van der Waals surface area contributed by atoms with E-state index in [1.165, 1.54) is 4.90 Å². The van der Waals surface area contributed by atoms with Crippen LogP contribution in [0, 0.1) is 19.8 Å². The highest BCUT2D eigenvalue weighted by Gasteiger charge is 2.41. The van der Waals surface area contributed by atoms with Gasteiger partial charge in [-0.25, -0.2) is 4.79 Å². The predicted octanol–water partition coefficient (Wildman–Crippen LogP) is 0.968. The van der Waals surface area contributed by atoms with Gasteiger partial charge in [-0.1, -0.05) is 12.1 Å². The molecule has 1 N–H and O–H groups in total. The molecule has 0 aromatic heterocycles. The van der Waals surface area contributed by atoms with Crippen LogP contribution < -0.4 is 4.90 Å². The van der Waals surface area contributed by atoms with E-state index in [0.717, 1.165) is 16.8 Å². The van der Waals surface area contributed by atoms with Crippen molar-refractivity contribution in [2.24, 2.45) is 5.92 Å². The monoisotopic (exact) mass is 346 g/mol. The molecule has 2 saturated heterocycles. The fraction of sp³-hybridized carbons (Fsp3) is 0.500. The van der Waals surface area contributed by atoms with Crippen LogP contribution in [0.15, 0.2) is 18.2 Å². The smallest absolute Gasteiger partial charge is 0.328 e. The first-order valence-electron chi connectivity index (χ1n) is 8.37. The van der Waals surface area contributed by atoms with E-state index in [0.29, 0.717) is 6.61 Å². The molecule has 2 aliphatic heterocycles. The molecule has 134 valence electrons. The molecule has 0 aliphatic carbocycles. The van der Waals surface area contributed by atoms with Gasteiger partial charge in [0.05, 0.1) is 19.1 Å². The normalized spacial score (nSPS) is 23.8. The zero-order valence-corrected chi connectivity index (χ0v) is 14.4. The lowest BCUT2D eigenvalue weighted by atomic mass is 10.0. The molecule has 25 heavy (non-hydrogen) atoms. The van der Waals surface area contributed by atoms with Gasteiger partial charge in [-0.2, -0.15) is 0 Å². The van der Waals surface area contributed by atoms with Crippen LogP contribution in [0.5, 0.6) is 0 Å². The second kappa shape index (κ2) is 6.84. The molecule has 2 amide bonds. The summed E-state index contributed by atoms with van der Waals surface area (Å²) in [5.41, 5.74) is 2.91. The first kappa shape index (κ1) is 17.4. The number of carbonyl (C=O) groups is 3. The van der Waals surface area contributed by atoms with Crippen LogP contribution >= 0.6 is 0 Å². The number of anilines is 1. The molecule has 7 nitrogen and oxygen atoms in total. The largest absolute Gasteiger partial charge is 0.480 e. The number of hydrogen-bond acceptors (Lipinski definition) is 4. The van der Waals surface area contributed by atoms with Crippen molar-refractivity contribution in [3.63, 3.8) is 0 Å². The summed E-state index contributed by atoms with van der Waals surface area (Å²) in [7, 11) is 0. The van der Waals surface area contributed by atoms with Crippen LogP contribution in [0.25, 0.3) is 0 Å². The summed E-state index contributed by atoms with van der Waals surface area (Å²) >= 11 is 0. The molecule has 2 heterocycles. The van der Waals surface area contributed by atoms with Crippen LogP contribution in [0.2, 0.25) is 0 Å². The Hall–Kier alpha value is -2.41. The first-order chi connectivity index (χ1) is 11.9. The quantitative estimate of drug-likeness (QED) is 0.881. The van der Waals surface area contributed by atoms with Gasteiger partial charge in [0.1, 0.15) is 0 Å². The number of aryl methyl sites for hydroxylation is 1. The van der Waals surface area contributed by atoms with Crippen molar-refractivity contribution in [1.29, 1.82) is 0 Å². The van der Waals surface area contributed by atoms with E-state index >= 15 is 0 Å². The van der Waals surface area contributed by atoms with Gasteiger partial charge in [-0.05, 0) is 31.0 Å². The third-order valence-electron chi connectivity index (χ3n) is 5.04. The van der Waals surface area contributed by atoms with Crippen molar-refractivity contribution in [2.75, 3.05) is 31.2 Å². The maximum atomic E-state index is 12.8. The Morgan fingerprint density at radius 2 is 2.04 bits per heavy atom. The molecule has 0 radical (unpaired) electrons. The number of carboxylic acid groups (broad SMARTS) is 1. The van der Waals surface area contributed by atoms with Crippen LogP contribution in [-0.4, -0.2) is 60.1 Å². The lowest BCUT2D eigenvalue weighted by Crippen LogP contribution is -2.54. The summed E-state index contributed by atoms with van der Waals surface area (Å²) in [6, 6.07) is 4.77. The number of morpholine rings is 1. The van der Waals surface area contributed by atoms with Gasteiger partial charge in [0.15, 0.2) is 6.04 Å². The summed E-state index contributed by atoms with van der Waals surface area (Å²) in [6.07, 6.45) is 0.107. The fourth-order valence-electron chi connectivity index (χ4n) is 3.44. The molecule has 1 aromatic rings. The molecule has 3 rings (SSSR count). The van der Waals surface area contributed by atoms with E-state index in [9.17, 15) is 19.5 Å². The second-order valence-corrected chi connectivity index (χ2v) is 6.59. The van der Waals surface area contributed by atoms with E-state index < -0.39 is 17.9 Å². The zero-order valence-electron chi connectivity index (χ0n) is 14.4. The van der Waals surface area contributed by atoms with Crippen molar-refractivity contribution in [3.8, 4) is 0 Å². The number of rotatable bonds is 3. The molecule has 0 spiro atoms. The molecule has 0 saturated carbocycles. The van der Waals surface area contributed by atoms with Crippen LogP contribution in [0.4, 0.5) is 5.69 Å². The highest BCUT2D eigenvalue weighted by molar-refractivity contribution is 6.01. The summed E-state index contributed by atoms with van der Waals surface area (Å²) in [5, 5.41) is 9.30. The second-order valence-electron chi connectivity index (χ2n) is 6.59. The fourth-order valence-corrected chi connectivity index (χ4v) is 3.44. The van der Waals surface area contributed by atoms with Gasteiger partial charge in [0.25, 0.3) is 0 Å². The van der Waals surface area contributed by atoms with Gasteiger partial charge in [-0.15, -0.1) is 0 Å². The van der Waals surface area contributed by atoms with Crippen molar-refractivity contribution < 1.29 is 24.2 Å². The van der Waals surface area contributed by atoms with Gasteiger partial charge < -0.3 is 19.6 Å². The van der Waals surface area contributed by atoms with Crippen molar-refractivity contribution in [3.05, 3.63) is 29.3 Å². The van der Waals surface area contributed by atoms with Gasteiger partial charge in [0, 0.05) is 25.2 Å². The SMILES string of the molecule is Cc1cccc(N2C[C@@H](C(=O)N3CCOC[C@@H]3C(=O)O)CC2=O)c1C. The maximum Gasteiger partial charge on any atom is 0.328 e. The molecule has 2 aliphatic rings. The molecule has 0 unspecified atom stereocenters. The van der Waals surface area contributed by atoms with Crippen LogP contribution in [0.3, 0.4) is 0 Å². The Balaban J connectivity index is 1.79. The standard InChI is InChI=1S/C18H22N2O5/c1-11-4-3-5-14(12(11)2)20-9-13(8-16(20)21)17(22)19-6-7-25-10-15(19)18(23)24/h3-5,13,15H,6-10H2,1-2H3,(H,23,24)/t13-,15+/m0/s1. The van der Waals surface area contributed by atoms with E-state index in [1.54, 1.807) is 4.90 Å². The zero-order chi connectivity index (χ0) is 18.1. The molecule has 2 fully saturated rings. The minimum Gasteiger partial charge on any atom is -0.480 e. The summed E-state index contributed by atoms with van der Waals surface area (Å²) in [6.45, 7) is 4.76. The van der Waals surface area contributed by atoms with Gasteiger partial charge in [0.2, 0.25) is 11.8 Å². The molecule has 0 bridgehead atoms.